The van der Waals surface area contributed by atoms with E-state index in [0.717, 1.165) is 42.4 Å². The van der Waals surface area contributed by atoms with Gasteiger partial charge in [-0.2, -0.15) is 0 Å². The molecule has 1 aliphatic carbocycles. The van der Waals surface area contributed by atoms with E-state index in [9.17, 15) is 9.90 Å². The molecule has 3 nitrogen and oxygen atoms in total. The summed E-state index contributed by atoms with van der Waals surface area (Å²) in [6.07, 6.45) is 7.55. The van der Waals surface area contributed by atoms with Gasteiger partial charge in [0, 0.05) is 0 Å². The van der Waals surface area contributed by atoms with Crippen molar-refractivity contribution in [2.75, 3.05) is 0 Å². The molecule has 0 heterocycles. The van der Waals surface area contributed by atoms with Crippen LogP contribution in [-0.4, -0.2) is 25.5 Å². The molecule has 4 atom stereocenters. The van der Waals surface area contributed by atoms with Crippen molar-refractivity contribution >= 4 is 14.3 Å². The fourth-order valence-electron chi connectivity index (χ4n) is 4.00. The lowest BCUT2D eigenvalue weighted by molar-refractivity contribution is -0.146. The monoisotopic (exact) mass is 446 g/mol. The molecule has 31 heavy (non-hydrogen) atoms. The lowest BCUT2D eigenvalue weighted by Gasteiger charge is -2.43. The summed E-state index contributed by atoms with van der Waals surface area (Å²) < 4.78 is 6.85. The van der Waals surface area contributed by atoms with E-state index in [4.69, 9.17) is 4.43 Å². The van der Waals surface area contributed by atoms with Gasteiger partial charge < -0.3 is 9.53 Å². The maximum atomic E-state index is 12.7. The number of hydrogen-bond donors (Lipinski definition) is 1. The highest BCUT2D eigenvalue weighted by molar-refractivity contribution is 6.74. The van der Waals surface area contributed by atoms with Gasteiger partial charge in [0.2, 0.25) is 0 Å². The van der Waals surface area contributed by atoms with E-state index < -0.39 is 26.3 Å². The predicted octanol–water partition coefficient (Wildman–Crippen LogP) is 7.93. The Morgan fingerprint density at radius 3 is 2.16 bits per heavy atom. The van der Waals surface area contributed by atoms with E-state index in [0.29, 0.717) is 0 Å². The van der Waals surface area contributed by atoms with Crippen LogP contribution in [0.25, 0.3) is 0 Å². The Hall–Kier alpha value is -1.39. The minimum atomic E-state index is -2.19. The Labute approximate surface area is 192 Å². The molecule has 0 amide bonds. The number of carboxylic acid groups (broad SMARTS) is 1. The van der Waals surface area contributed by atoms with Gasteiger partial charge in [-0.15, -0.1) is 0 Å². The lowest BCUT2D eigenvalue weighted by atomic mass is 9.74. The normalized spacial score (nSPS) is 30.1. The highest BCUT2D eigenvalue weighted by atomic mass is 28.4. The van der Waals surface area contributed by atoms with Crippen LogP contribution in [0.1, 0.15) is 74.1 Å². The second kappa shape index (κ2) is 11.0. The van der Waals surface area contributed by atoms with E-state index in [-0.39, 0.29) is 16.9 Å². The molecular formula is C27H46O3Si. The van der Waals surface area contributed by atoms with E-state index in [2.05, 4.69) is 73.0 Å². The first kappa shape index (κ1) is 27.6. The minimum absolute atomic E-state index is 0.00168. The maximum absolute atomic E-state index is 12.7. The molecule has 0 saturated carbocycles. The highest BCUT2D eigenvalue weighted by Gasteiger charge is 2.45. The highest BCUT2D eigenvalue weighted by Crippen LogP contribution is 2.42. The molecule has 4 heteroatoms. The summed E-state index contributed by atoms with van der Waals surface area (Å²) in [6.45, 7) is 27.7. The number of rotatable bonds is 5. The van der Waals surface area contributed by atoms with Crippen LogP contribution < -0.4 is 0 Å². The summed E-state index contributed by atoms with van der Waals surface area (Å²) in [5.74, 6) is -1.40. The van der Waals surface area contributed by atoms with Crippen LogP contribution in [0.5, 0.6) is 0 Å². The van der Waals surface area contributed by atoms with Gasteiger partial charge in [-0.3, -0.25) is 4.79 Å². The van der Waals surface area contributed by atoms with E-state index in [1.807, 2.05) is 13.8 Å². The van der Waals surface area contributed by atoms with Crippen molar-refractivity contribution in [1.82, 2.24) is 0 Å². The zero-order valence-electron chi connectivity index (χ0n) is 21.5. The molecule has 176 valence electrons. The average Bonchev–Trinajstić information content (AvgIpc) is 2.59. The molecule has 0 spiro atoms. The number of carbonyl (C=O) groups is 1. The molecule has 0 aromatic carbocycles. The van der Waals surface area contributed by atoms with E-state index in [1.165, 1.54) is 5.57 Å². The molecule has 0 aliphatic heterocycles. The summed E-state index contributed by atoms with van der Waals surface area (Å²) in [5, 5.41) is 10.4. The first-order chi connectivity index (χ1) is 14.1. The lowest BCUT2D eigenvalue weighted by Crippen LogP contribution is -2.49. The standard InChI is InChI=1S/C27H46O3Si/c1-18(2)22-16-15-20(5)13-12-14-21(6)25(30-31(10,11)27(7,8)9)24(26(28)29)23(17-22)19(3)4/h14-15,22-25H,1,3,12-13,16-17H2,2,4-11H3,(H,28,29)/b20-15+,21-14+/t22-,23?,24-,25-/m0/s1. The van der Waals surface area contributed by atoms with Gasteiger partial charge in [0.15, 0.2) is 8.32 Å². The van der Waals surface area contributed by atoms with Gasteiger partial charge in [0.05, 0.1) is 12.0 Å². The Morgan fingerprint density at radius 1 is 1.13 bits per heavy atom. The molecule has 1 N–H and O–H groups in total. The zero-order valence-corrected chi connectivity index (χ0v) is 22.5. The smallest absolute Gasteiger partial charge is 0.310 e. The average molecular weight is 447 g/mol. The summed E-state index contributed by atoms with van der Waals surface area (Å²) >= 11 is 0. The molecule has 0 fully saturated rings. The Kier molecular flexibility index (Phi) is 9.77. The van der Waals surface area contributed by atoms with Crippen molar-refractivity contribution in [3.05, 3.63) is 47.6 Å². The topological polar surface area (TPSA) is 46.5 Å². The Morgan fingerprint density at radius 2 is 1.71 bits per heavy atom. The SMILES string of the molecule is C=C(C)C1C[C@@H](C(=C)C)C/C=C(\C)CC/C=C(\C)[C@H](O[Si](C)(C)C(C)(C)C)[C@H]1C(=O)O. The molecule has 0 saturated heterocycles. The van der Waals surface area contributed by atoms with Crippen LogP contribution in [0.2, 0.25) is 18.1 Å². The van der Waals surface area contributed by atoms with Gasteiger partial charge in [-0.1, -0.05) is 62.8 Å². The molecule has 0 bridgehead atoms. The van der Waals surface area contributed by atoms with Crippen molar-refractivity contribution in [1.29, 1.82) is 0 Å². The van der Waals surface area contributed by atoms with Gasteiger partial charge in [0.25, 0.3) is 0 Å². The van der Waals surface area contributed by atoms with Gasteiger partial charge >= 0.3 is 5.97 Å². The molecule has 0 aromatic heterocycles. The van der Waals surface area contributed by atoms with Crippen molar-refractivity contribution < 1.29 is 14.3 Å². The van der Waals surface area contributed by atoms with Crippen molar-refractivity contribution in [2.45, 2.75) is 98.4 Å². The number of carboxylic acids is 1. The quantitative estimate of drug-likeness (QED) is 0.344. The summed E-state index contributed by atoms with van der Waals surface area (Å²) in [7, 11) is -2.19. The Balaban J connectivity index is 3.62. The summed E-state index contributed by atoms with van der Waals surface area (Å²) in [5.41, 5.74) is 4.42. The summed E-state index contributed by atoms with van der Waals surface area (Å²) in [4.78, 5) is 12.7. The van der Waals surface area contributed by atoms with E-state index in [1.54, 1.807) is 0 Å². The fourth-order valence-corrected chi connectivity index (χ4v) is 5.33. The number of hydrogen-bond acceptors (Lipinski definition) is 2. The fraction of sp³-hybridized carbons (Fsp3) is 0.667. The van der Waals surface area contributed by atoms with Crippen LogP contribution in [0.15, 0.2) is 47.6 Å². The van der Waals surface area contributed by atoms with Gasteiger partial charge in [-0.05, 0) is 88.9 Å². The molecule has 1 rings (SSSR count). The maximum Gasteiger partial charge on any atom is 0.310 e. The van der Waals surface area contributed by atoms with Crippen molar-refractivity contribution in [3.63, 3.8) is 0 Å². The molecule has 1 unspecified atom stereocenters. The van der Waals surface area contributed by atoms with Crippen molar-refractivity contribution in [2.24, 2.45) is 17.8 Å². The van der Waals surface area contributed by atoms with Crippen LogP contribution in [-0.2, 0) is 9.22 Å². The largest absolute Gasteiger partial charge is 0.481 e. The zero-order chi connectivity index (χ0) is 24.1. The first-order valence-electron chi connectivity index (χ1n) is 11.6. The predicted molar refractivity (Wildman–Crippen MR) is 136 cm³/mol. The van der Waals surface area contributed by atoms with E-state index >= 15 is 0 Å². The third-order valence-electron chi connectivity index (χ3n) is 7.35. The molecule has 1 aliphatic rings. The second-order valence-electron chi connectivity index (χ2n) is 11.2. The molecule has 0 aromatic rings. The second-order valence-corrected chi connectivity index (χ2v) is 15.9. The number of allylic oxidation sites excluding steroid dienone is 5. The number of aliphatic carboxylic acids is 1. The third-order valence-corrected chi connectivity index (χ3v) is 11.8. The Bertz CT molecular complexity index is 736. The molecular weight excluding hydrogens is 400 g/mol. The summed E-state index contributed by atoms with van der Waals surface area (Å²) in [6, 6.07) is 0. The van der Waals surface area contributed by atoms with Crippen molar-refractivity contribution in [3.8, 4) is 0 Å². The third kappa shape index (κ3) is 7.60. The van der Waals surface area contributed by atoms with Gasteiger partial charge in [-0.25, -0.2) is 0 Å². The van der Waals surface area contributed by atoms with Gasteiger partial charge in [0.1, 0.15) is 0 Å². The van der Waals surface area contributed by atoms with Crippen LogP contribution in [0.3, 0.4) is 0 Å². The van der Waals surface area contributed by atoms with Crippen LogP contribution in [0, 0.1) is 17.8 Å². The van der Waals surface area contributed by atoms with Crippen LogP contribution >= 0.6 is 0 Å². The molecule has 0 radical (unpaired) electrons. The first-order valence-corrected chi connectivity index (χ1v) is 14.5. The van der Waals surface area contributed by atoms with Crippen LogP contribution in [0.4, 0.5) is 0 Å². The minimum Gasteiger partial charge on any atom is -0.481 e.